The molecule has 1 atom stereocenters. The molecule has 27 heavy (non-hydrogen) atoms. The Morgan fingerprint density at radius 1 is 1.22 bits per heavy atom. The van der Waals surface area contributed by atoms with Crippen LogP contribution in [-0.4, -0.2) is 53.9 Å². The third-order valence-electron chi connectivity index (χ3n) is 5.77. The molecule has 2 fully saturated rings. The molecule has 2 aliphatic rings. The van der Waals surface area contributed by atoms with E-state index in [1.165, 1.54) is 4.90 Å². The van der Waals surface area contributed by atoms with Gasteiger partial charge in [-0.15, -0.1) is 0 Å². The van der Waals surface area contributed by atoms with Crippen molar-refractivity contribution in [3.63, 3.8) is 0 Å². The molecule has 7 nitrogen and oxygen atoms in total. The molecule has 0 aromatic heterocycles. The number of urea groups is 1. The first-order chi connectivity index (χ1) is 12.9. The van der Waals surface area contributed by atoms with Gasteiger partial charge in [0.1, 0.15) is 17.8 Å². The van der Waals surface area contributed by atoms with Crippen LogP contribution in [0, 0.1) is 0 Å². The van der Waals surface area contributed by atoms with Crippen molar-refractivity contribution in [2.24, 2.45) is 0 Å². The molecule has 3 rings (SSSR count). The molecule has 4 amide bonds. The average Bonchev–Trinajstić information content (AvgIpc) is 2.85. The summed E-state index contributed by atoms with van der Waals surface area (Å²) in [5, 5.41) is 2.86. The van der Waals surface area contributed by atoms with Crippen LogP contribution in [0.5, 0.6) is 5.75 Å². The van der Waals surface area contributed by atoms with Crippen LogP contribution in [-0.2, 0) is 9.59 Å². The molecule has 0 radical (unpaired) electrons. The number of hydrogen-bond donors (Lipinski definition) is 1. The minimum Gasteiger partial charge on any atom is -0.496 e. The second-order valence-corrected chi connectivity index (χ2v) is 7.36. The maximum absolute atomic E-state index is 13.0. The summed E-state index contributed by atoms with van der Waals surface area (Å²) in [7, 11) is 3.25. The van der Waals surface area contributed by atoms with E-state index in [0.29, 0.717) is 18.6 Å². The molecule has 1 aliphatic carbocycles. The van der Waals surface area contributed by atoms with E-state index in [1.807, 2.05) is 31.2 Å². The third kappa shape index (κ3) is 3.38. The Bertz CT molecular complexity index is 742. The number of para-hydroxylation sites is 1. The number of likely N-dealkylation sites (N-methyl/N-ethyl adjacent to an activating group) is 1. The van der Waals surface area contributed by atoms with E-state index in [4.69, 9.17) is 4.74 Å². The monoisotopic (exact) mass is 373 g/mol. The summed E-state index contributed by atoms with van der Waals surface area (Å²) in [6, 6.07) is 6.74. The molecule has 146 valence electrons. The maximum Gasteiger partial charge on any atom is 0.327 e. The third-order valence-corrected chi connectivity index (χ3v) is 5.77. The zero-order valence-corrected chi connectivity index (χ0v) is 16.2. The zero-order chi connectivity index (χ0) is 19.6. The van der Waals surface area contributed by atoms with Crippen LogP contribution in [0.1, 0.15) is 50.6 Å². The van der Waals surface area contributed by atoms with Crippen LogP contribution >= 0.6 is 0 Å². The first-order valence-electron chi connectivity index (χ1n) is 9.43. The topological polar surface area (TPSA) is 79.0 Å². The second kappa shape index (κ2) is 7.58. The van der Waals surface area contributed by atoms with Gasteiger partial charge in [0.15, 0.2) is 0 Å². The van der Waals surface area contributed by atoms with E-state index >= 15 is 0 Å². The number of rotatable bonds is 5. The van der Waals surface area contributed by atoms with Crippen LogP contribution in [0.15, 0.2) is 24.3 Å². The number of amides is 4. The van der Waals surface area contributed by atoms with Gasteiger partial charge in [-0.3, -0.25) is 14.5 Å². The van der Waals surface area contributed by atoms with Crippen molar-refractivity contribution in [2.75, 3.05) is 20.7 Å². The average molecular weight is 373 g/mol. The standard InChI is InChI=1S/C20H27N3O4/c1-14(15-9-5-6-10-16(15)27-3)21-17(24)13-23-18(25)20(22(2)19(23)26)11-7-4-8-12-20/h5-6,9-10,14H,4,7-8,11-13H2,1-3H3,(H,21,24). The van der Waals surface area contributed by atoms with E-state index in [0.717, 1.165) is 29.7 Å². The highest BCUT2D eigenvalue weighted by molar-refractivity contribution is 6.08. The van der Waals surface area contributed by atoms with E-state index < -0.39 is 5.54 Å². The van der Waals surface area contributed by atoms with Gasteiger partial charge < -0.3 is 15.0 Å². The van der Waals surface area contributed by atoms with Crippen molar-refractivity contribution in [1.29, 1.82) is 0 Å². The Balaban J connectivity index is 1.69. The van der Waals surface area contributed by atoms with Gasteiger partial charge in [0, 0.05) is 12.6 Å². The predicted octanol–water partition coefficient (Wildman–Crippen LogP) is 2.47. The molecule has 1 unspecified atom stereocenters. The minimum atomic E-state index is -0.760. The van der Waals surface area contributed by atoms with E-state index in [1.54, 1.807) is 14.2 Å². The van der Waals surface area contributed by atoms with Gasteiger partial charge in [-0.2, -0.15) is 0 Å². The molecule has 1 aromatic rings. The number of carbonyl (C=O) groups excluding carboxylic acids is 3. The lowest BCUT2D eigenvalue weighted by Crippen LogP contribution is -2.49. The van der Waals surface area contributed by atoms with E-state index in [-0.39, 0.29) is 30.4 Å². The smallest absolute Gasteiger partial charge is 0.327 e. The van der Waals surface area contributed by atoms with Gasteiger partial charge in [0.05, 0.1) is 13.2 Å². The lowest BCUT2D eigenvalue weighted by atomic mass is 9.81. The zero-order valence-electron chi connectivity index (χ0n) is 16.2. The van der Waals surface area contributed by atoms with Crippen LogP contribution in [0.3, 0.4) is 0 Å². The minimum absolute atomic E-state index is 0.241. The van der Waals surface area contributed by atoms with Crippen molar-refractivity contribution < 1.29 is 19.1 Å². The molecule has 0 bridgehead atoms. The fourth-order valence-electron chi connectivity index (χ4n) is 4.20. The molecule has 1 aliphatic heterocycles. The van der Waals surface area contributed by atoms with Crippen molar-refractivity contribution in [3.05, 3.63) is 29.8 Å². The summed E-state index contributed by atoms with van der Waals surface area (Å²) < 4.78 is 5.33. The number of ether oxygens (including phenoxy) is 1. The highest BCUT2D eigenvalue weighted by Crippen LogP contribution is 2.39. The summed E-state index contributed by atoms with van der Waals surface area (Å²) in [6.45, 7) is 1.58. The van der Waals surface area contributed by atoms with Gasteiger partial charge in [0.25, 0.3) is 5.91 Å². The highest BCUT2D eigenvalue weighted by Gasteiger charge is 2.55. The lowest BCUT2D eigenvalue weighted by Gasteiger charge is -2.35. The number of benzene rings is 1. The summed E-state index contributed by atoms with van der Waals surface area (Å²) >= 11 is 0. The normalized spacial score (nSPS) is 20.1. The number of nitrogens with zero attached hydrogens (tertiary/aromatic N) is 2. The Hall–Kier alpha value is -2.57. The fourth-order valence-corrected chi connectivity index (χ4v) is 4.20. The molecule has 1 heterocycles. The van der Waals surface area contributed by atoms with Crippen LogP contribution < -0.4 is 10.1 Å². The lowest BCUT2D eigenvalue weighted by molar-refractivity contribution is -0.137. The molecule has 1 saturated carbocycles. The first kappa shape index (κ1) is 19.2. The second-order valence-electron chi connectivity index (χ2n) is 7.36. The molecule has 1 aromatic carbocycles. The van der Waals surface area contributed by atoms with Crippen LogP contribution in [0.25, 0.3) is 0 Å². The SMILES string of the molecule is COc1ccccc1C(C)NC(=O)CN1C(=O)N(C)C2(CCCCC2)C1=O. The van der Waals surface area contributed by atoms with Gasteiger partial charge >= 0.3 is 6.03 Å². The Labute approximate surface area is 159 Å². The molecule has 1 N–H and O–H groups in total. The number of methoxy groups -OCH3 is 1. The first-order valence-corrected chi connectivity index (χ1v) is 9.43. The number of imide groups is 1. The summed E-state index contributed by atoms with van der Waals surface area (Å²) in [4.78, 5) is 40.7. The van der Waals surface area contributed by atoms with E-state index in [9.17, 15) is 14.4 Å². The number of carbonyl (C=O) groups is 3. The van der Waals surface area contributed by atoms with E-state index in [2.05, 4.69) is 5.32 Å². The van der Waals surface area contributed by atoms with Crippen molar-refractivity contribution in [3.8, 4) is 5.75 Å². The summed E-state index contributed by atoms with van der Waals surface area (Å²) in [5.74, 6) is 0.0747. The Morgan fingerprint density at radius 3 is 2.56 bits per heavy atom. The van der Waals surface area contributed by atoms with Gasteiger partial charge in [-0.05, 0) is 25.8 Å². The molecule has 1 spiro atoms. The highest BCUT2D eigenvalue weighted by atomic mass is 16.5. The van der Waals surface area contributed by atoms with Crippen molar-refractivity contribution in [2.45, 2.75) is 50.6 Å². The maximum atomic E-state index is 13.0. The van der Waals surface area contributed by atoms with Gasteiger partial charge in [-0.25, -0.2) is 4.79 Å². The van der Waals surface area contributed by atoms with Crippen molar-refractivity contribution >= 4 is 17.8 Å². The molecule has 1 saturated heterocycles. The summed E-state index contributed by atoms with van der Waals surface area (Å²) in [5.41, 5.74) is 0.0810. The quantitative estimate of drug-likeness (QED) is 0.804. The predicted molar refractivity (Wildman–Crippen MR) is 100 cm³/mol. The van der Waals surface area contributed by atoms with Gasteiger partial charge in [0.2, 0.25) is 5.91 Å². The number of nitrogens with one attached hydrogen (secondary N) is 1. The Morgan fingerprint density at radius 2 is 1.89 bits per heavy atom. The van der Waals surface area contributed by atoms with Crippen LogP contribution in [0.4, 0.5) is 4.79 Å². The largest absolute Gasteiger partial charge is 0.496 e. The summed E-state index contributed by atoms with van der Waals surface area (Å²) in [6.07, 6.45) is 4.27. The molecule has 7 heteroatoms. The number of hydrogen-bond acceptors (Lipinski definition) is 4. The van der Waals surface area contributed by atoms with Gasteiger partial charge in [-0.1, -0.05) is 37.5 Å². The Kier molecular flexibility index (Phi) is 5.39. The van der Waals surface area contributed by atoms with Crippen LogP contribution in [0.2, 0.25) is 0 Å². The fraction of sp³-hybridized carbons (Fsp3) is 0.550. The molecular weight excluding hydrogens is 346 g/mol. The van der Waals surface area contributed by atoms with Crippen molar-refractivity contribution in [1.82, 2.24) is 15.1 Å². The molecular formula is C20H27N3O4.